The van der Waals surface area contributed by atoms with Gasteiger partial charge in [-0.25, -0.2) is 0 Å². The highest BCUT2D eigenvalue weighted by Gasteiger charge is 2.39. The van der Waals surface area contributed by atoms with Crippen LogP contribution in [0.1, 0.15) is 34.1 Å². The molecule has 4 heteroatoms. The van der Waals surface area contributed by atoms with Gasteiger partial charge in [-0.3, -0.25) is 4.79 Å². The largest absolute Gasteiger partial charge is 0.396 e. The van der Waals surface area contributed by atoms with E-state index in [0.717, 1.165) is 13.1 Å². The van der Waals surface area contributed by atoms with E-state index >= 15 is 0 Å². The van der Waals surface area contributed by atoms with Crippen LogP contribution in [0.2, 0.25) is 0 Å². The molecule has 0 radical (unpaired) electrons. The molecule has 16 heavy (non-hydrogen) atoms. The number of nitrogens with zero attached hydrogens (tertiary/aromatic N) is 1. The maximum Gasteiger partial charge on any atom is 0.240 e. The molecule has 1 aliphatic rings. The summed E-state index contributed by atoms with van der Waals surface area (Å²) in [4.78, 5) is 14.2. The molecule has 1 amide bonds. The van der Waals surface area contributed by atoms with Crippen LogP contribution in [-0.4, -0.2) is 47.2 Å². The predicted molar refractivity (Wildman–Crippen MR) is 64.1 cm³/mol. The summed E-state index contributed by atoms with van der Waals surface area (Å²) in [5.74, 6) is 0.593. The number of aliphatic hydroxyl groups is 1. The number of amides is 1. The molecule has 0 bridgehead atoms. The van der Waals surface area contributed by atoms with Crippen LogP contribution in [0.15, 0.2) is 0 Å². The summed E-state index contributed by atoms with van der Waals surface area (Å²) in [7, 11) is 0. The third-order valence-electron chi connectivity index (χ3n) is 3.04. The fraction of sp³-hybridized carbons (Fsp3) is 0.917. The Kier molecular flexibility index (Phi) is 4.33. The van der Waals surface area contributed by atoms with E-state index in [9.17, 15) is 4.79 Å². The summed E-state index contributed by atoms with van der Waals surface area (Å²) in [5.41, 5.74) is -0.132. The number of rotatable bonds is 4. The Hall–Kier alpha value is -0.610. The fourth-order valence-corrected chi connectivity index (χ4v) is 2.10. The maximum absolute atomic E-state index is 12.2. The number of hydrogen-bond donors (Lipinski definition) is 2. The number of piperazine rings is 1. The summed E-state index contributed by atoms with van der Waals surface area (Å²) in [6.07, 6.45) is 0.503. The molecule has 0 aromatic carbocycles. The molecular formula is C12H24N2O2. The molecule has 1 rings (SSSR count). The standard InChI is InChI=1S/C12H24N2O2/c1-9(2)7-14-11(16)10(5-6-15)13-8-12(14,3)4/h9-10,13,15H,5-8H2,1-4H3. The highest BCUT2D eigenvalue weighted by atomic mass is 16.3. The molecule has 2 N–H and O–H groups in total. The third kappa shape index (κ3) is 2.95. The second-order valence-corrected chi connectivity index (χ2v) is 5.60. The van der Waals surface area contributed by atoms with E-state index in [4.69, 9.17) is 5.11 Å². The minimum absolute atomic E-state index is 0.0549. The molecule has 0 saturated carbocycles. The van der Waals surface area contributed by atoms with Crippen molar-refractivity contribution >= 4 is 5.91 Å². The minimum atomic E-state index is -0.211. The van der Waals surface area contributed by atoms with Crippen molar-refractivity contribution < 1.29 is 9.90 Å². The lowest BCUT2D eigenvalue weighted by molar-refractivity contribution is -0.144. The SMILES string of the molecule is CC(C)CN1C(=O)C(CCO)NCC1(C)C. The van der Waals surface area contributed by atoms with Gasteiger partial charge in [0, 0.05) is 25.2 Å². The van der Waals surface area contributed by atoms with E-state index in [0.29, 0.717) is 12.3 Å². The van der Waals surface area contributed by atoms with Crippen molar-refractivity contribution in [2.75, 3.05) is 19.7 Å². The van der Waals surface area contributed by atoms with Crippen molar-refractivity contribution in [3.63, 3.8) is 0 Å². The molecule has 94 valence electrons. The first-order valence-electron chi connectivity index (χ1n) is 6.04. The zero-order valence-corrected chi connectivity index (χ0v) is 10.8. The molecule has 1 saturated heterocycles. The van der Waals surface area contributed by atoms with Crippen LogP contribution in [0.4, 0.5) is 0 Å². The van der Waals surface area contributed by atoms with E-state index < -0.39 is 0 Å². The second kappa shape index (κ2) is 5.15. The Balaban J connectivity index is 2.76. The Bertz CT molecular complexity index is 251. The first kappa shape index (κ1) is 13.5. The van der Waals surface area contributed by atoms with Gasteiger partial charge in [0.1, 0.15) is 0 Å². The van der Waals surface area contributed by atoms with E-state index in [1.807, 2.05) is 4.90 Å². The fourth-order valence-electron chi connectivity index (χ4n) is 2.10. The molecular weight excluding hydrogens is 204 g/mol. The maximum atomic E-state index is 12.2. The highest BCUT2D eigenvalue weighted by molar-refractivity contribution is 5.83. The summed E-state index contributed by atoms with van der Waals surface area (Å²) in [5, 5.41) is 12.1. The topological polar surface area (TPSA) is 52.6 Å². The van der Waals surface area contributed by atoms with Gasteiger partial charge in [0.25, 0.3) is 0 Å². The van der Waals surface area contributed by atoms with Crippen LogP contribution in [0.25, 0.3) is 0 Å². The van der Waals surface area contributed by atoms with Gasteiger partial charge in [-0.05, 0) is 26.2 Å². The number of hydrogen-bond acceptors (Lipinski definition) is 3. The van der Waals surface area contributed by atoms with Gasteiger partial charge in [-0.1, -0.05) is 13.8 Å². The van der Waals surface area contributed by atoms with Crippen molar-refractivity contribution in [1.82, 2.24) is 10.2 Å². The monoisotopic (exact) mass is 228 g/mol. The summed E-state index contributed by atoms with van der Waals surface area (Å²) in [6, 6.07) is -0.211. The Morgan fingerprint density at radius 2 is 2.19 bits per heavy atom. The number of carbonyl (C=O) groups is 1. The van der Waals surface area contributed by atoms with Gasteiger partial charge in [-0.2, -0.15) is 0 Å². The van der Waals surface area contributed by atoms with E-state index in [1.165, 1.54) is 0 Å². The Labute approximate surface area is 98.0 Å². The molecule has 1 fully saturated rings. The van der Waals surface area contributed by atoms with Crippen LogP contribution in [0.5, 0.6) is 0 Å². The number of carbonyl (C=O) groups excluding carboxylic acids is 1. The number of nitrogens with one attached hydrogen (secondary N) is 1. The van der Waals surface area contributed by atoms with Crippen LogP contribution < -0.4 is 5.32 Å². The van der Waals surface area contributed by atoms with E-state index in [1.54, 1.807) is 0 Å². The number of aliphatic hydroxyl groups excluding tert-OH is 1. The minimum Gasteiger partial charge on any atom is -0.396 e. The Morgan fingerprint density at radius 3 is 2.69 bits per heavy atom. The van der Waals surface area contributed by atoms with Crippen LogP contribution in [0, 0.1) is 5.92 Å². The smallest absolute Gasteiger partial charge is 0.240 e. The van der Waals surface area contributed by atoms with Crippen molar-refractivity contribution in [3.05, 3.63) is 0 Å². The van der Waals surface area contributed by atoms with Crippen molar-refractivity contribution in [2.24, 2.45) is 5.92 Å². The lowest BCUT2D eigenvalue weighted by Gasteiger charge is -2.46. The summed E-state index contributed by atoms with van der Waals surface area (Å²) < 4.78 is 0. The molecule has 1 aliphatic heterocycles. The van der Waals surface area contributed by atoms with Crippen molar-refractivity contribution in [1.29, 1.82) is 0 Å². The first-order valence-corrected chi connectivity index (χ1v) is 6.04. The molecule has 0 aliphatic carbocycles. The van der Waals surface area contributed by atoms with Crippen LogP contribution >= 0.6 is 0 Å². The zero-order chi connectivity index (χ0) is 12.3. The van der Waals surface area contributed by atoms with Gasteiger partial charge in [-0.15, -0.1) is 0 Å². The summed E-state index contributed by atoms with van der Waals surface area (Å²) in [6.45, 7) is 10.0. The average Bonchev–Trinajstić information content (AvgIpc) is 2.17. The quantitative estimate of drug-likeness (QED) is 0.741. The second-order valence-electron chi connectivity index (χ2n) is 5.60. The van der Waals surface area contributed by atoms with Gasteiger partial charge in [0.2, 0.25) is 5.91 Å². The third-order valence-corrected chi connectivity index (χ3v) is 3.04. The van der Waals surface area contributed by atoms with Crippen LogP contribution in [-0.2, 0) is 4.79 Å². The van der Waals surface area contributed by atoms with E-state index in [-0.39, 0.29) is 24.1 Å². The van der Waals surface area contributed by atoms with Gasteiger partial charge < -0.3 is 15.3 Å². The van der Waals surface area contributed by atoms with Crippen molar-refractivity contribution in [3.8, 4) is 0 Å². The normalized spacial score (nSPS) is 25.2. The Morgan fingerprint density at radius 1 is 1.56 bits per heavy atom. The summed E-state index contributed by atoms with van der Waals surface area (Å²) >= 11 is 0. The molecule has 1 atom stereocenters. The molecule has 0 spiro atoms. The van der Waals surface area contributed by atoms with Gasteiger partial charge >= 0.3 is 0 Å². The predicted octanol–water partition coefficient (Wildman–Crippen LogP) is 0.604. The lowest BCUT2D eigenvalue weighted by atomic mass is 9.94. The van der Waals surface area contributed by atoms with Gasteiger partial charge in [0.15, 0.2) is 0 Å². The van der Waals surface area contributed by atoms with Gasteiger partial charge in [0.05, 0.1) is 6.04 Å². The molecule has 1 unspecified atom stereocenters. The highest BCUT2D eigenvalue weighted by Crippen LogP contribution is 2.22. The molecule has 4 nitrogen and oxygen atoms in total. The molecule has 0 aromatic heterocycles. The average molecular weight is 228 g/mol. The lowest BCUT2D eigenvalue weighted by Crippen LogP contribution is -2.65. The molecule has 0 aromatic rings. The van der Waals surface area contributed by atoms with E-state index in [2.05, 4.69) is 33.0 Å². The van der Waals surface area contributed by atoms with Crippen molar-refractivity contribution in [2.45, 2.75) is 45.7 Å². The zero-order valence-electron chi connectivity index (χ0n) is 10.8. The first-order chi connectivity index (χ1) is 7.38. The molecule has 1 heterocycles. The van der Waals surface area contributed by atoms with Crippen LogP contribution in [0.3, 0.4) is 0 Å².